The van der Waals surface area contributed by atoms with Crippen molar-refractivity contribution in [3.63, 3.8) is 0 Å². The van der Waals surface area contributed by atoms with E-state index in [-0.39, 0.29) is 43.7 Å². The third-order valence-electron chi connectivity index (χ3n) is 2.97. The van der Waals surface area contributed by atoms with E-state index in [9.17, 15) is 8.78 Å². The van der Waals surface area contributed by atoms with Gasteiger partial charge in [-0.15, -0.1) is 6.07 Å². The normalized spacial score (nSPS) is 9.50. The van der Waals surface area contributed by atoms with Gasteiger partial charge in [-0.1, -0.05) is 30.3 Å². The molecule has 8 heteroatoms. The van der Waals surface area contributed by atoms with Gasteiger partial charge in [0.05, 0.1) is 6.61 Å². The average Bonchev–Trinajstić information content (AvgIpc) is 2.63. The topological polar surface area (TPSA) is 79.1 Å². The summed E-state index contributed by atoms with van der Waals surface area (Å²) in [6, 6.07) is 11.7. The summed E-state index contributed by atoms with van der Waals surface area (Å²) in [6.07, 6.45) is 3.04. The Balaban J connectivity index is 0.000000290. The molecule has 137 valence electrons. The maximum atomic E-state index is 13.3. The molecular weight excluding hydrogens is 520 g/mol. The number of aliphatic hydroxyl groups is 2. The van der Waals surface area contributed by atoms with E-state index in [4.69, 9.17) is 10.2 Å². The number of pyridine rings is 3. The number of nitrogens with zero attached hydrogens (tertiary/aromatic N) is 3. The van der Waals surface area contributed by atoms with Gasteiger partial charge in [-0.05, 0) is 29.5 Å². The Morgan fingerprint density at radius 3 is 2.46 bits per heavy atom. The summed E-state index contributed by atoms with van der Waals surface area (Å²) >= 11 is 0. The Morgan fingerprint density at radius 1 is 1.15 bits per heavy atom. The van der Waals surface area contributed by atoms with Gasteiger partial charge in [0, 0.05) is 32.5 Å². The molecule has 3 aromatic rings. The molecule has 0 bridgehead atoms. The second kappa shape index (κ2) is 10.5. The molecule has 26 heavy (non-hydrogen) atoms. The number of aromatic nitrogens is 3. The molecule has 1 radical (unpaired) electrons. The Morgan fingerprint density at radius 2 is 1.92 bits per heavy atom. The molecule has 0 unspecified atom stereocenters. The van der Waals surface area contributed by atoms with E-state index >= 15 is 0 Å². The fraction of sp³-hybridized carbons (Fsp3) is 0.0556. The molecule has 2 N–H and O–H groups in total. The molecule has 0 spiro atoms. The van der Waals surface area contributed by atoms with Crippen LogP contribution in [0.1, 0.15) is 11.3 Å². The zero-order valence-electron chi connectivity index (χ0n) is 13.4. The van der Waals surface area contributed by atoms with Crippen LogP contribution in [-0.2, 0) is 26.7 Å². The zero-order chi connectivity index (χ0) is 18.2. The van der Waals surface area contributed by atoms with Crippen LogP contribution in [0.15, 0.2) is 55.4 Å². The third kappa shape index (κ3) is 6.07. The van der Waals surface area contributed by atoms with Crippen molar-refractivity contribution >= 4 is 5.76 Å². The van der Waals surface area contributed by atoms with Crippen molar-refractivity contribution in [3.05, 3.63) is 84.6 Å². The predicted molar refractivity (Wildman–Crippen MR) is 88.0 cm³/mol. The van der Waals surface area contributed by atoms with E-state index in [2.05, 4.69) is 27.6 Å². The maximum Gasteiger partial charge on any atom is 0.134 e. The summed E-state index contributed by atoms with van der Waals surface area (Å²) in [4.78, 5) is 10.8. The summed E-state index contributed by atoms with van der Waals surface area (Å²) in [6.45, 7) is 3.14. The van der Waals surface area contributed by atoms with Crippen LogP contribution in [0.25, 0.3) is 17.0 Å². The number of hydrogen-bond acceptors (Lipinski definition) is 5. The molecule has 0 aliphatic rings. The van der Waals surface area contributed by atoms with Crippen molar-refractivity contribution in [2.45, 2.75) is 6.61 Å². The predicted octanol–water partition coefficient (Wildman–Crippen LogP) is 3.32. The van der Waals surface area contributed by atoms with Crippen LogP contribution in [0.2, 0.25) is 0 Å². The van der Waals surface area contributed by atoms with Crippen molar-refractivity contribution in [3.8, 4) is 11.3 Å². The number of rotatable bonds is 3. The van der Waals surface area contributed by atoms with E-state index < -0.39 is 11.9 Å². The fourth-order valence-electron chi connectivity index (χ4n) is 1.80. The summed E-state index contributed by atoms with van der Waals surface area (Å²) < 4.78 is 25.9. The van der Waals surface area contributed by atoms with E-state index in [1.54, 1.807) is 30.5 Å². The largest absolute Gasteiger partial charge is 0.506 e. The molecular formula is C18H14F2IrN3O2-. The van der Waals surface area contributed by atoms with Gasteiger partial charge in [0.25, 0.3) is 0 Å². The minimum Gasteiger partial charge on any atom is -0.506 e. The van der Waals surface area contributed by atoms with E-state index in [0.29, 0.717) is 11.3 Å². The first-order valence-electron chi connectivity index (χ1n) is 7.10. The molecule has 0 saturated heterocycles. The van der Waals surface area contributed by atoms with Gasteiger partial charge in [0.1, 0.15) is 23.3 Å². The Hall–Kier alpha value is -2.54. The quantitative estimate of drug-likeness (QED) is 0.306. The molecule has 3 heterocycles. The van der Waals surface area contributed by atoms with Gasteiger partial charge in [-0.25, -0.2) is 8.78 Å². The molecule has 3 rings (SSSR count). The Labute approximate surface area is 162 Å². The van der Waals surface area contributed by atoms with Gasteiger partial charge in [0.2, 0.25) is 0 Å². The third-order valence-corrected chi connectivity index (χ3v) is 2.97. The number of aliphatic hydroxyl groups excluding tert-OH is 2. The molecule has 0 saturated carbocycles. The van der Waals surface area contributed by atoms with Crippen molar-refractivity contribution in [2.24, 2.45) is 0 Å². The molecule has 0 aliphatic heterocycles. The molecule has 5 nitrogen and oxygen atoms in total. The van der Waals surface area contributed by atoms with Gasteiger partial charge in [0.15, 0.2) is 0 Å². The van der Waals surface area contributed by atoms with Gasteiger partial charge < -0.3 is 15.2 Å². The minimum absolute atomic E-state index is 0. The van der Waals surface area contributed by atoms with Crippen LogP contribution in [0.4, 0.5) is 8.78 Å². The number of hydrogen-bond donors (Lipinski definition) is 2. The summed E-state index contributed by atoms with van der Waals surface area (Å²) in [5.41, 5.74) is 1.35. The minimum atomic E-state index is -0.970. The van der Waals surface area contributed by atoms with Crippen LogP contribution in [0, 0.1) is 18.0 Å². The van der Waals surface area contributed by atoms with Crippen molar-refractivity contribution < 1.29 is 39.1 Å². The van der Waals surface area contributed by atoms with Crippen LogP contribution < -0.4 is 0 Å². The Kier molecular flexibility index (Phi) is 8.64. The zero-order valence-corrected chi connectivity index (χ0v) is 15.8. The SMILES string of the molecule is C=C(O)c1ccccn1.OCc1ccnc(-c2[c-]cc(F)nc2F)c1.[Ir]. The molecule has 0 atom stereocenters. The first-order chi connectivity index (χ1) is 12.0. The molecule has 0 fully saturated rings. The monoisotopic (exact) mass is 535 g/mol. The summed E-state index contributed by atoms with van der Waals surface area (Å²) in [5, 5.41) is 17.7. The molecule has 0 amide bonds. The Bertz CT molecular complexity index is 864. The van der Waals surface area contributed by atoms with Crippen molar-refractivity contribution in [1.29, 1.82) is 0 Å². The van der Waals surface area contributed by atoms with Crippen LogP contribution in [0.3, 0.4) is 0 Å². The summed E-state index contributed by atoms with van der Waals surface area (Å²) in [7, 11) is 0. The van der Waals surface area contributed by atoms with E-state index in [0.717, 1.165) is 6.07 Å². The van der Waals surface area contributed by atoms with Crippen LogP contribution in [-0.4, -0.2) is 25.2 Å². The van der Waals surface area contributed by atoms with E-state index in [1.165, 1.54) is 12.3 Å². The summed E-state index contributed by atoms with van der Waals surface area (Å²) in [5.74, 6) is -1.89. The maximum absolute atomic E-state index is 13.3. The van der Waals surface area contributed by atoms with Crippen LogP contribution in [0.5, 0.6) is 0 Å². The second-order valence-corrected chi connectivity index (χ2v) is 4.76. The van der Waals surface area contributed by atoms with Crippen molar-refractivity contribution in [2.75, 3.05) is 0 Å². The fourth-order valence-corrected chi connectivity index (χ4v) is 1.80. The molecule has 0 aromatic carbocycles. The van der Waals surface area contributed by atoms with Gasteiger partial charge in [-0.3, -0.25) is 9.97 Å². The second-order valence-electron chi connectivity index (χ2n) is 4.76. The van der Waals surface area contributed by atoms with Gasteiger partial charge in [-0.2, -0.15) is 0 Å². The van der Waals surface area contributed by atoms with E-state index in [1.807, 2.05) is 0 Å². The molecule has 0 aliphatic carbocycles. The molecule has 3 aromatic heterocycles. The average molecular weight is 535 g/mol. The first kappa shape index (κ1) is 21.5. The first-order valence-corrected chi connectivity index (χ1v) is 7.10. The smallest absolute Gasteiger partial charge is 0.134 e. The van der Waals surface area contributed by atoms with Crippen LogP contribution >= 0.6 is 0 Å². The van der Waals surface area contributed by atoms with Gasteiger partial charge >= 0.3 is 0 Å². The van der Waals surface area contributed by atoms with Crippen molar-refractivity contribution in [1.82, 2.24) is 15.0 Å². The standard InChI is InChI=1S/C11H7F2N2O.C7H7NO.Ir/c12-10-2-1-8(11(13)15-10)9-5-7(6-16)3-4-14-9;1-6(9)7-4-2-3-5-8-7;/h2-5,16H,6H2;2-5,9H,1H2;/q-1;;. The number of halogens is 2.